The molecule has 114 valence electrons. The first-order valence-corrected chi connectivity index (χ1v) is 7.44. The Morgan fingerprint density at radius 3 is 2.41 bits per heavy atom. The molecule has 0 radical (unpaired) electrons. The standard InChI is InChI=1S/C17H17NO4/c1-11(19)17(9-5-8-14(17)20)13-10-15(21)18(16(13)22)12-6-3-2-4-7-12/h2-4,6-7,13H,5,8-10H2,1H3/t13-,17+/m1/s1. The number of amides is 2. The van der Waals surface area contributed by atoms with Crippen LogP contribution >= 0.6 is 0 Å². The van der Waals surface area contributed by atoms with Crippen molar-refractivity contribution in [1.29, 1.82) is 0 Å². The third-order valence-electron chi connectivity index (χ3n) is 4.86. The molecule has 1 saturated carbocycles. The van der Waals surface area contributed by atoms with Gasteiger partial charge in [-0.15, -0.1) is 0 Å². The van der Waals surface area contributed by atoms with Gasteiger partial charge in [-0.25, -0.2) is 0 Å². The van der Waals surface area contributed by atoms with Crippen LogP contribution in [0, 0.1) is 11.3 Å². The van der Waals surface area contributed by atoms with Gasteiger partial charge in [0.2, 0.25) is 11.8 Å². The zero-order valence-electron chi connectivity index (χ0n) is 12.4. The van der Waals surface area contributed by atoms with Crippen LogP contribution < -0.4 is 4.90 Å². The lowest BCUT2D eigenvalue weighted by Crippen LogP contribution is -2.45. The fraction of sp³-hybridized carbons (Fsp3) is 0.412. The number of para-hydroxylation sites is 1. The molecular formula is C17H17NO4. The Labute approximate surface area is 128 Å². The van der Waals surface area contributed by atoms with E-state index in [1.165, 1.54) is 6.92 Å². The van der Waals surface area contributed by atoms with E-state index < -0.39 is 17.2 Å². The highest BCUT2D eigenvalue weighted by Gasteiger charge is 2.59. The van der Waals surface area contributed by atoms with E-state index in [9.17, 15) is 19.2 Å². The summed E-state index contributed by atoms with van der Waals surface area (Å²) in [4.78, 5) is 50.7. The second-order valence-corrected chi connectivity index (χ2v) is 5.96. The van der Waals surface area contributed by atoms with E-state index in [2.05, 4.69) is 0 Å². The normalized spacial score (nSPS) is 28.5. The fourth-order valence-corrected chi connectivity index (χ4v) is 3.74. The number of Topliss-reactive ketones (excluding diaryl/α,β-unsaturated/α-hetero) is 2. The van der Waals surface area contributed by atoms with Crippen molar-refractivity contribution in [2.24, 2.45) is 11.3 Å². The lowest BCUT2D eigenvalue weighted by atomic mass is 9.69. The van der Waals surface area contributed by atoms with Crippen molar-refractivity contribution in [3.8, 4) is 0 Å². The zero-order valence-corrected chi connectivity index (χ0v) is 12.4. The highest BCUT2D eigenvalue weighted by molar-refractivity contribution is 6.24. The summed E-state index contributed by atoms with van der Waals surface area (Å²) in [6.07, 6.45) is 1.21. The van der Waals surface area contributed by atoms with Crippen LogP contribution in [0.4, 0.5) is 5.69 Å². The fourth-order valence-electron chi connectivity index (χ4n) is 3.74. The third kappa shape index (κ3) is 1.92. The predicted molar refractivity (Wildman–Crippen MR) is 79.0 cm³/mol. The summed E-state index contributed by atoms with van der Waals surface area (Å²) in [7, 11) is 0. The van der Waals surface area contributed by atoms with E-state index in [-0.39, 0.29) is 23.9 Å². The first kappa shape index (κ1) is 14.6. The average molecular weight is 299 g/mol. The topological polar surface area (TPSA) is 71.5 Å². The molecule has 5 nitrogen and oxygen atoms in total. The first-order chi connectivity index (χ1) is 10.5. The lowest BCUT2D eigenvalue weighted by Gasteiger charge is -2.29. The Morgan fingerprint density at radius 1 is 1.18 bits per heavy atom. The molecule has 5 heteroatoms. The molecule has 2 amide bonds. The molecule has 3 rings (SSSR count). The summed E-state index contributed by atoms with van der Waals surface area (Å²) in [6.45, 7) is 1.35. The molecule has 0 spiro atoms. The Kier molecular flexibility index (Phi) is 3.43. The smallest absolute Gasteiger partial charge is 0.238 e. The van der Waals surface area contributed by atoms with Crippen LogP contribution in [-0.4, -0.2) is 23.4 Å². The number of anilines is 1. The van der Waals surface area contributed by atoms with Crippen molar-refractivity contribution in [2.75, 3.05) is 4.90 Å². The summed E-state index contributed by atoms with van der Waals surface area (Å²) in [5.41, 5.74) is -0.805. The summed E-state index contributed by atoms with van der Waals surface area (Å²) in [5.74, 6) is -2.12. The molecule has 0 unspecified atom stereocenters. The van der Waals surface area contributed by atoms with Gasteiger partial charge in [-0.2, -0.15) is 0 Å². The number of nitrogens with zero attached hydrogens (tertiary/aromatic N) is 1. The molecule has 2 atom stereocenters. The van der Waals surface area contributed by atoms with E-state index in [0.29, 0.717) is 24.9 Å². The summed E-state index contributed by atoms with van der Waals surface area (Å²) < 4.78 is 0. The van der Waals surface area contributed by atoms with Crippen LogP contribution in [0.25, 0.3) is 0 Å². The number of hydrogen-bond donors (Lipinski definition) is 0. The predicted octanol–water partition coefficient (Wildman–Crippen LogP) is 1.89. The highest BCUT2D eigenvalue weighted by Crippen LogP contribution is 2.47. The van der Waals surface area contributed by atoms with Crippen LogP contribution in [0.3, 0.4) is 0 Å². The van der Waals surface area contributed by atoms with E-state index in [4.69, 9.17) is 0 Å². The number of carbonyl (C=O) groups is 4. The minimum atomic E-state index is -1.30. The van der Waals surface area contributed by atoms with E-state index >= 15 is 0 Å². The maximum Gasteiger partial charge on any atom is 0.238 e. The highest BCUT2D eigenvalue weighted by atomic mass is 16.2. The Morgan fingerprint density at radius 2 is 1.86 bits per heavy atom. The van der Waals surface area contributed by atoms with Gasteiger partial charge in [-0.1, -0.05) is 18.2 Å². The third-order valence-corrected chi connectivity index (χ3v) is 4.86. The second-order valence-electron chi connectivity index (χ2n) is 5.96. The quantitative estimate of drug-likeness (QED) is 0.631. The molecular weight excluding hydrogens is 282 g/mol. The van der Waals surface area contributed by atoms with Crippen molar-refractivity contribution in [1.82, 2.24) is 0 Å². The average Bonchev–Trinajstić information content (AvgIpc) is 3.01. The Bertz CT molecular complexity index is 666. The number of imide groups is 1. The number of rotatable bonds is 3. The number of carbonyl (C=O) groups excluding carboxylic acids is 4. The maximum atomic E-state index is 12.8. The van der Waals surface area contributed by atoms with E-state index in [1.54, 1.807) is 30.3 Å². The molecule has 2 fully saturated rings. The molecule has 1 saturated heterocycles. The Hall–Kier alpha value is -2.30. The number of hydrogen-bond acceptors (Lipinski definition) is 4. The number of ketones is 2. The monoisotopic (exact) mass is 299 g/mol. The van der Waals surface area contributed by atoms with Crippen molar-refractivity contribution in [3.63, 3.8) is 0 Å². The molecule has 0 aromatic heterocycles. The van der Waals surface area contributed by atoms with Gasteiger partial charge in [-0.3, -0.25) is 24.1 Å². The van der Waals surface area contributed by atoms with Crippen LogP contribution in [-0.2, 0) is 19.2 Å². The van der Waals surface area contributed by atoms with E-state index in [0.717, 1.165) is 4.90 Å². The minimum absolute atomic E-state index is 0.0704. The van der Waals surface area contributed by atoms with Gasteiger partial charge < -0.3 is 0 Å². The van der Waals surface area contributed by atoms with Crippen molar-refractivity contribution >= 4 is 29.1 Å². The molecule has 2 aliphatic rings. The molecule has 1 aromatic carbocycles. The molecule has 0 N–H and O–H groups in total. The molecule has 1 heterocycles. The van der Waals surface area contributed by atoms with Gasteiger partial charge in [0.05, 0.1) is 17.0 Å². The molecule has 22 heavy (non-hydrogen) atoms. The SMILES string of the molecule is CC(=O)[C@]1([C@@H]2CC(=O)N(c3ccccc3)C2=O)CCCC1=O. The summed E-state index contributed by atoms with van der Waals surface area (Å²) in [5, 5.41) is 0. The molecule has 1 aliphatic heterocycles. The van der Waals surface area contributed by atoms with Gasteiger partial charge in [-0.05, 0) is 31.9 Å². The van der Waals surface area contributed by atoms with Gasteiger partial charge in [0.25, 0.3) is 0 Å². The molecule has 1 aromatic rings. The molecule has 1 aliphatic carbocycles. The Balaban J connectivity index is 2.01. The van der Waals surface area contributed by atoms with Crippen LogP contribution in [0.15, 0.2) is 30.3 Å². The van der Waals surface area contributed by atoms with Crippen LogP contribution in [0.2, 0.25) is 0 Å². The van der Waals surface area contributed by atoms with Gasteiger partial charge in [0.15, 0.2) is 0 Å². The maximum absolute atomic E-state index is 12.8. The molecule has 0 bridgehead atoms. The van der Waals surface area contributed by atoms with Crippen LogP contribution in [0.1, 0.15) is 32.6 Å². The van der Waals surface area contributed by atoms with Gasteiger partial charge >= 0.3 is 0 Å². The van der Waals surface area contributed by atoms with E-state index in [1.807, 2.05) is 0 Å². The van der Waals surface area contributed by atoms with Gasteiger partial charge in [0.1, 0.15) is 11.6 Å². The summed E-state index contributed by atoms with van der Waals surface area (Å²) in [6, 6.07) is 8.63. The first-order valence-electron chi connectivity index (χ1n) is 7.44. The minimum Gasteiger partial charge on any atom is -0.299 e. The van der Waals surface area contributed by atoms with Crippen molar-refractivity contribution in [2.45, 2.75) is 32.6 Å². The zero-order chi connectivity index (χ0) is 15.9. The summed E-state index contributed by atoms with van der Waals surface area (Å²) >= 11 is 0. The second kappa shape index (κ2) is 5.16. The van der Waals surface area contributed by atoms with Crippen molar-refractivity contribution < 1.29 is 19.2 Å². The van der Waals surface area contributed by atoms with Crippen molar-refractivity contribution in [3.05, 3.63) is 30.3 Å². The van der Waals surface area contributed by atoms with Crippen LogP contribution in [0.5, 0.6) is 0 Å². The van der Waals surface area contributed by atoms with Gasteiger partial charge in [0, 0.05) is 12.8 Å². The number of benzene rings is 1. The largest absolute Gasteiger partial charge is 0.299 e. The lowest BCUT2D eigenvalue weighted by molar-refractivity contribution is -0.145.